The molecule has 0 amide bonds. The van der Waals surface area contributed by atoms with Crippen LogP contribution in [0.15, 0.2) is 60.7 Å². The molecule has 9 atom stereocenters. The van der Waals surface area contributed by atoms with Crippen LogP contribution in [-0.2, 0) is 4.74 Å². The Balaban J connectivity index is 1.23. The number of carbonyl (C=O) groups is 1. The van der Waals surface area contributed by atoms with Crippen molar-refractivity contribution in [3.05, 3.63) is 66.3 Å². The summed E-state index contributed by atoms with van der Waals surface area (Å²) >= 11 is 0. The first-order chi connectivity index (χ1) is 20.1. The van der Waals surface area contributed by atoms with Gasteiger partial charge in [-0.2, -0.15) is 0 Å². The monoisotopic (exact) mass is 572 g/mol. The molecule has 0 aliphatic heterocycles. The molecule has 0 spiro atoms. The van der Waals surface area contributed by atoms with Gasteiger partial charge in [0, 0.05) is 6.42 Å². The zero-order valence-corrected chi connectivity index (χ0v) is 27.2. The summed E-state index contributed by atoms with van der Waals surface area (Å²) in [6.45, 7) is 18.9. The summed E-state index contributed by atoms with van der Waals surface area (Å²) in [5.41, 5.74) is 2.88. The molecule has 230 valence electrons. The van der Waals surface area contributed by atoms with E-state index in [-0.39, 0.29) is 17.5 Å². The Morgan fingerprint density at radius 1 is 1.02 bits per heavy atom. The van der Waals surface area contributed by atoms with Crippen LogP contribution in [0.5, 0.6) is 5.75 Å². The van der Waals surface area contributed by atoms with Crippen LogP contribution in [-0.4, -0.2) is 18.7 Å². The Hall–Kier alpha value is -2.29. The maximum atomic E-state index is 13.0. The average Bonchev–Trinajstić information content (AvgIpc) is 3.34. The maximum absolute atomic E-state index is 13.0. The number of allylic oxidation sites excluding steroid dienone is 3. The van der Waals surface area contributed by atoms with Crippen molar-refractivity contribution in [1.29, 1.82) is 0 Å². The Kier molecular flexibility index (Phi) is 9.45. The lowest BCUT2D eigenvalue weighted by Gasteiger charge is -2.58. The van der Waals surface area contributed by atoms with Gasteiger partial charge < -0.3 is 9.47 Å². The number of fused-ring (bicyclic) bond motifs is 5. The van der Waals surface area contributed by atoms with Gasteiger partial charge in [-0.05, 0) is 128 Å². The van der Waals surface area contributed by atoms with E-state index in [1.54, 1.807) is 23.8 Å². The Morgan fingerprint density at radius 3 is 2.48 bits per heavy atom. The van der Waals surface area contributed by atoms with Crippen molar-refractivity contribution in [1.82, 2.24) is 0 Å². The molecule has 0 N–H and O–H groups in total. The summed E-state index contributed by atoms with van der Waals surface area (Å²) in [6, 6.07) is 7.26. The highest BCUT2D eigenvalue weighted by atomic mass is 16.5. The third-order valence-corrected chi connectivity index (χ3v) is 12.5. The molecule has 0 heterocycles. The number of benzene rings is 1. The molecule has 0 radical (unpaired) electrons. The fraction of sp³-hybridized carbons (Fsp3) is 0.667. The summed E-state index contributed by atoms with van der Waals surface area (Å²) in [6.07, 6.45) is 20.4. The van der Waals surface area contributed by atoms with Crippen LogP contribution >= 0.6 is 0 Å². The first-order valence-corrected chi connectivity index (χ1v) is 17.0. The van der Waals surface area contributed by atoms with Gasteiger partial charge in [0.2, 0.25) is 0 Å². The van der Waals surface area contributed by atoms with Crippen LogP contribution in [0.25, 0.3) is 0 Å². The number of ether oxygens (including phenoxy) is 2. The highest BCUT2D eigenvalue weighted by molar-refractivity contribution is 5.89. The van der Waals surface area contributed by atoms with E-state index in [1.807, 2.05) is 12.1 Å². The molecule has 3 saturated carbocycles. The van der Waals surface area contributed by atoms with Gasteiger partial charge >= 0.3 is 5.97 Å². The van der Waals surface area contributed by atoms with Crippen LogP contribution in [0.3, 0.4) is 0 Å². The van der Waals surface area contributed by atoms with E-state index in [0.717, 1.165) is 54.6 Å². The molecule has 3 heteroatoms. The number of carbonyl (C=O) groups excluding carboxylic acids is 1. The van der Waals surface area contributed by atoms with Gasteiger partial charge in [-0.25, -0.2) is 4.79 Å². The lowest BCUT2D eigenvalue weighted by molar-refractivity contribution is -0.0565. The minimum absolute atomic E-state index is 0.0276. The van der Waals surface area contributed by atoms with Crippen molar-refractivity contribution in [2.75, 3.05) is 6.61 Å². The first kappa shape index (κ1) is 31.1. The standard InChI is InChI=1S/C39H56O3/c1-8-24-41-31-15-12-29(13-16-31)37(40)42-32-20-22-38(6)30(25-32)14-17-33-35-19-18-34(39(35,7)23-21-36(33)38)27(5)10-11-28(9-2)26(3)4/h8,10-16,26-28,32-36H,1,9,17-25H2,2-7H3/b11-10+/t27?,28?,32?,33?,34?,35?,36?,38-,39+/m0/s1. The molecule has 0 bridgehead atoms. The minimum Gasteiger partial charge on any atom is -0.490 e. The van der Waals surface area contributed by atoms with E-state index in [4.69, 9.17) is 9.47 Å². The molecule has 4 aliphatic rings. The smallest absolute Gasteiger partial charge is 0.338 e. The summed E-state index contributed by atoms with van der Waals surface area (Å²) in [5.74, 6) is 5.82. The van der Waals surface area contributed by atoms with Crippen LogP contribution in [0.2, 0.25) is 0 Å². The summed E-state index contributed by atoms with van der Waals surface area (Å²) in [4.78, 5) is 13.0. The zero-order chi connectivity index (χ0) is 30.1. The SMILES string of the molecule is C=CCOc1ccc(C(=O)OC2CC[C@@]3(C)C(=CCC4C5CCC(C(C)/C=C/C(CC)C(C)C)[C@@]5(C)CCC43)C2)cc1. The average molecular weight is 573 g/mol. The normalized spacial score (nSPS) is 35.5. The van der Waals surface area contributed by atoms with E-state index < -0.39 is 0 Å². The zero-order valence-electron chi connectivity index (χ0n) is 27.2. The fourth-order valence-electron chi connectivity index (χ4n) is 9.98. The molecule has 1 aromatic carbocycles. The van der Waals surface area contributed by atoms with E-state index in [2.05, 4.69) is 66.3 Å². The number of rotatable bonds is 10. The molecule has 0 saturated heterocycles. The summed E-state index contributed by atoms with van der Waals surface area (Å²) < 4.78 is 11.6. The molecule has 1 aromatic rings. The minimum atomic E-state index is -0.222. The van der Waals surface area contributed by atoms with Gasteiger partial charge in [-0.1, -0.05) is 78.0 Å². The van der Waals surface area contributed by atoms with Gasteiger partial charge in [0.05, 0.1) is 5.56 Å². The molecule has 0 aromatic heterocycles. The molecular formula is C39H56O3. The quantitative estimate of drug-likeness (QED) is 0.207. The molecule has 3 nitrogen and oxygen atoms in total. The van der Waals surface area contributed by atoms with Gasteiger partial charge in [-0.3, -0.25) is 0 Å². The van der Waals surface area contributed by atoms with Gasteiger partial charge in [0.15, 0.2) is 0 Å². The molecular weight excluding hydrogens is 516 g/mol. The second-order valence-electron chi connectivity index (χ2n) is 14.9. The molecule has 5 rings (SSSR count). The predicted octanol–water partition coefficient (Wildman–Crippen LogP) is 10.2. The van der Waals surface area contributed by atoms with Crippen LogP contribution < -0.4 is 4.74 Å². The number of esters is 1. The Labute approximate surface area is 256 Å². The van der Waals surface area contributed by atoms with Crippen molar-refractivity contribution >= 4 is 5.97 Å². The number of hydrogen-bond donors (Lipinski definition) is 0. The van der Waals surface area contributed by atoms with Gasteiger partial charge in [-0.15, -0.1) is 0 Å². The first-order valence-electron chi connectivity index (χ1n) is 17.0. The number of hydrogen-bond acceptors (Lipinski definition) is 3. The van der Waals surface area contributed by atoms with Crippen molar-refractivity contribution in [2.24, 2.45) is 52.3 Å². The molecule has 3 fully saturated rings. The highest BCUT2D eigenvalue weighted by Gasteiger charge is 2.59. The van der Waals surface area contributed by atoms with E-state index in [0.29, 0.717) is 29.4 Å². The topological polar surface area (TPSA) is 35.5 Å². The molecule has 42 heavy (non-hydrogen) atoms. The van der Waals surface area contributed by atoms with Crippen molar-refractivity contribution in [2.45, 2.75) is 105 Å². The van der Waals surface area contributed by atoms with Crippen molar-refractivity contribution < 1.29 is 14.3 Å². The second kappa shape index (κ2) is 12.7. The maximum Gasteiger partial charge on any atom is 0.338 e. The third-order valence-electron chi connectivity index (χ3n) is 12.5. The van der Waals surface area contributed by atoms with Crippen LogP contribution in [0.1, 0.15) is 110 Å². The van der Waals surface area contributed by atoms with E-state index in [1.165, 1.54) is 38.5 Å². The van der Waals surface area contributed by atoms with Crippen LogP contribution in [0, 0.1) is 52.3 Å². The van der Waals surface area contributed by atoms with Gasteiger partial charge in [0.1, 0.15) is 18.5 Å². The second-order valence-corrected chi connectivity index (χ2v) is 14.9. The third kappa shape index (κ3) is 5.91. The van der Waals surface area contributed by atoms with Crippen LogP contribution in [0.4, 0.5) is 0 Å². The van der Waals surface area contributed by atoms with Crippen molar-refractivity contribution in [3.8, 4) is 5.75 Å². The largest absolute Gasteiger partial charge is 0.490 e. The van der Waals surface area contributed by atoms with Crippen molar-refractivity contribution in [3.63, 3.8) is 0 Å². The summed E-state index contributed by atoms with van der Waals surface area (Å²) in [5, 5.41) is 0. The predicted molar refractivity (Wildman–Crippen MR) is 173 cm³/mol. The van der Waals surface area contributed by atoms with E-state index in [9.17, 15) is 4.79 Å². The lowest BCUT2D eigenvalue weighted by Crippen LogP contribution is -2.51. The van der Waals surface area contributed by atoms with E-state index >= 15 is 0 Å². The fourth-order valence-corrected chi connectivity index (χ4v) is 9.98. The molecule has 7 unspecified atom stereocenters. The Morgan fingerprint density at radius 2 is 1.79 bits per heavy atom. The highest BCUT2D eigenvalue weighted by Crippen LogP contribution is 2.67. The lowest BCUT2D eigenvalue weighted by atomic mass is 9.47. The molecule has 4 aliphatic carbocycles. The van der Waals surface area contributed by atoms with Gasteiger partial charge in [0.25, 0.3) is 0 Å². The Bertz CT molecular complexity index is 1160. The summed E-state index contributed by atoms with van der Waals surface area (Å²) in [7, 11) is 0.